The van der Waals surface area contributed by atoms with Crippen LogP contribution in [0.1, 0.15) is 46.5 Å². The first-order valence-corrected chi connectivity index (χ1v) is 8.05. The highest BCUT2D eigenvalue weighted by atomic mass is 16.2. The van der Waals surface area contributed by atoms with Gasteiger partial charge in [0.1, 0.15) is 0 Å². The van der Waals surface area contributed by atoms with Gasteiger partial charge < -0.3 is 15.5 Å². The smallest absolute Gasteiger partial charge is 0.225 e. The number of piperidine rings is 1. The lowest BCUT2D eigenvalue weighted by atomic mass is 9.95. The van der Waals surface area contributed by atoms with Crippen molar-refractivity contribution in [2.45, 2.75) is 46.5 Å². The Morgan fingerprint density at radius 3 is 2.33 bits per heavy atom. The summed E-state index contributed by atoms with van der Waals surface area (Å²) >= 11 is 0. The van der Waals surface area contributed by atoms with Crippen molar-refractivity contribution >= 4 is 11.8 Å². The van der Waals surface area contributed by atoms with Crippen LogP contribution in [0.3, 0.4) is 0 Å². The van der Waals surface area contributed by atoms with E-state index in [1.165, 1.54) is 0 Å². The van der Waals surface area contributed by atoms with E-state index in [0.29, 0.717) is 18.9 Å². The van der Waals surface area contributed by atoms with E-state index < -0.39 is 0 Å². The molecule has 0 aromatic carbocycles. The third kappa shape index (κ3) is 6.46. The van der Waals surface area contributed by atoms with Gasteiger partial charge in [0.15, 0.2) is 0 Å². The Kier molecular flexibility index (Phi) is 7.15. The quantitative estimate of drug-likeness (QED) is 0.728. The van der Waals surface area contributed by atoms with Crippen molar-refractivity contribution in [2.75, 3.05) is 33.2 Å². The molecule has 0 aliphatic carbocycles. The van der Waals surface area contributed by atoms with E-state index in [9.17, 15) is 9.59 Å². The molecule has 2 amide bonds. The van der Waals surface area contributed by atoms with Crippen LogP contribution in [0.5, 0.6) is 0 Å². The van der Waals surface area contributed by atoms with Gasteiger partial charge in [-0.25, -0.2) is 0 Å². The Morgan fingerprint density at radius 2 is 1.81 bits per heavy atom. The predicted octanol–water partition coefficient (Wildman–Crippen LogP) is 1.39. The zero-order valence-corrected chi connectivity index (χ0v) is 14.0. The van der Waals surface area contributed by atoms with Gasteiger partial charge >= 0.3 is 0 Å². The summed E-state index contributed by atoms with van der Waals surface area (Å²) in [6.45, 7) is 9.05. The monoisotopic (exact) mass is 297 g/mol. The topological polar surface area (TPSA) is 61.4 Å². The highest BCUT2D eigenvalue weighted by molar-refractivity contribution is 5.81. The molecule has 0 saturated carbocycles. The minimum Gasteiger partial charge on any atom is -0.356 e. The van der Waals surface area contributed by atoms with E-state index in [-0.39, 0.29) is 17.2 Å². The minimum atomic E-state index is -0.362. The standard InChI is InChI=1S/C16H31N3O2/c1-16(2,3)15(21)18-9-5-6-14(20)19-10-7-13(8-11-19)12-17-4/h13,17H,5-12H2,1-4H3,(H,18,21). The van der Waals surface area contributed by atoms with Gasteiger partial charge in [0.05, 0.1) is 0 Å². The van der Waals surface area contributed by atoms with Crippen molar-refractivity contribution < 1.29 is 9.59 Å². The molecule has 1 saturated heterocycles. The van der Waals surface area contributed by atoms with Gasteiger partial charge in [-0.2, -0.15) is 0 Å². The maximum absolute atomic E-state index is 12.1. The summed E-state index contributed by atoms with van der Waals surface area (Å²) in [5.41, 5.74) is -0.362. The molecule has 0 bridgehead atoms. The van der Waals surface area contributed by atoms with E-state index in [0.717, 1.165) is 38.9 Å². The molecule has 1 aliphatic rings. The number of likely N-dealkylation sites (tertiary alicyclic amines) is 1. The van der Waals surface area contributed by atoms with Crippen molar-refractivity contribution in [1.82, 2.24) is 15.5 Å². The fraction of sp³-hybridized carbons (Fsp3) is 0.875. The van der Waals surface area contributed by atoms with Crippen LogP contribution < -0.4 is 10.6 Å². The van der Waals surface area contributed by atoms with E-state index in [2.05, 4.69) is 10.6 Å². The van der Waals surface area contributed by atoms with Crippen LogP contribution in [0.15, 0.2) is 0 Å². The first-order chi connectivity index (χ1) is 9.84. The van der Waals surface area contributed by atoms with Crippen LogP contribution in [0, 0.1) is 11.3 Å². The van der Waals surface area contributed by atoms with Crippen LogP contribution in [0.2, 0.25) is 0 Å². The summed E-state index contributed by atoms with van der Waals surface area (Å²) in [6.07, 6.45) is 3.43. The Morgan fingerprint density at radius 1 is 1.19 bits per heavy atom. The molecule has 0 spiro atoms. The number of hydrogen-bond acceptors (Lipinski definition) is 3. The SMILES string of the molecule is CNCC1CCN(C(=O)CCCNC(=O)C(C)(C)C)CC1. The van der Waals surface area contributed by atoms with Crippen LogP contribution in [0.4, 0.5) is 0 Å². The van der Waals surface area contributed by atoms with E-state index in [4.69, 9.17) is 0 Å². The molecule has 0 aromatic heterocycles. The number of rotatable bonds is 6. The van der Waals surface area contributed by atoms with Crippen molar-refractivity contribution in [3.05, 3.63) is 0 Å². The molecule has 1 rings (SSSR count). The molecule has 0 unspecified atom stereocenters. The largest absolute Gasteiger partial charge is 0.356 e. The number of carbonyl (C=O) groups excluding carboxylic acids is 2. The molecule has 2 N–H and O–H groups in total. The Labute approximate surface area is 128 Å². The van der Waals surface area contributed by atoms with Crippen LogP contribution in [-0.4, -0.2) is 49.9 Å². The molecular formula is C16H31N3O2. The van der Waals surface area contributed by atoms with Crippen molar-refractivity contribution in [1.29, 1.82) is 0 Å². The Balaban J connectivity index is 2.16. The zero-order valence-electron chi connectivity index (χ0n) is 14.0. The maximum atomic E-state index is 12.1. The van der Waals surface area contributed by atoms with E-state index in [1.54, 1.807) is 0 Å². The van der Waals surface area contributed by atoms with Crippen LogP contribution in [-0.2, 0) is 9.59 Å². The first kappa shape index (κ1) is 18.0. The minimum absolute atomic E-state index is 0.0443. The van der Waals surface area contributed by atoms with Crippen LogP contribution in [0.25, 0.3) is 0 Å². The lowest BCUT2D eigenvalue weighted by Gasteiger charge is -2.32. The van der Waals surface area contributed by atoms with E-state index in [1.807, 2.05) is 32.7 Å². The third-order valence-corrected chi connectivity index (χ3v) is 3.99. The van der Waals surface area contributed by atoms with Crippen molar-refractivity contribution in [3.63, 3.8) is 0 Å². The number of hydrogen-bond donors (Lipinski definition) is 2. The third-order valence-electron chi connectivity index (χ3n) is 3.99. The summed E-state index contributed by atoms with van der Waals surface area (Å²) < 4.78 is 0. The summed E-state index contributed by atoms with van der Waals surface area (Å²) in [7, 11) is 1.98. The molecule has 21 heavy (non-hydrogen) atoms. The number of nitrogens with one attached hydrogen (secondary N) is 2. The highest BCUT2D eigenvalue weighted by Crippen LogP contribution is 2.17. The maximum Gasteiger partial charge on any atom is 0.225 e. The average Bonchev–Trinajstić information content (AvgIpc) is 2.43. The molecule has 5 nitrogen and oxygen atoms in total. The molecule has 0 atom stereocenters. The van der Waals surface area contributed by atoms with Gasteiger partial charge in [0.2, 0.25) is 11.8 Å². The van der Waals surface area contributed by atoms with Crippen LogP contribution >= 0.6 is 0 Å². The lowest BCUT2D eigenvalue weighted by Crippen LogP contribution is -2.41. The molecule has 0 aromatic rings. The summed E-state index contributed by atoms with van der Waals surface area (Å²) in [5.74, 6) is 0.968. The Hall–Kier alpha value is -1.10. The summed E-state index contributed by atoms with van der Waals surface area (Å²) in [5, 5.41) is 6.09. The molecule has 1 aliphatic heterocycles. The molecule has 5 heteroatoms. The van der Waals surface area contributed by atoms with Gasteiger partial charge in [-0.15, -0.1) is 0 Å². The van der Waals surface area contributed by atoms with E-state index >= 15 is 0 Å². The number of nitrogens with zero attached hydrogens (tertiary/aromatic N) is 1. The first-order valence-electron chi connectivity index (χ1n) is 8.05. The molecule has 1 fully saturated rings. The van der Waals surface area contributed by atoms with Gasteiger partial charge in [0.25, 0.3) is 0 Å². The number of carbonyl (C=O) groups is 2. The van der Waals surface area contributed by atoms with Crippen molar-refractivity contribution in [2.24, 2.45) is 11.3 Å². The molecule has 1 heterocycles. The summed E-state index contributed by atoms with van der Waals surface area (Å²) in [6, 6.07) is 0. The number of amides is 2. The normalized spacial score (nSPS) is 16.9. The average molecular weight is 297 g/mol. The fourth-order valence-corrected chi connectivity index (χ4v) is 2.54. The Bertz CT molecular complexity index is 342. The second-order valence-electron chi connectivity index (χ2n) is 6.99. The van der Waals surface area contributed by atoms with Crippen molar-refractivity contribution in [3.8, 4) is 0 Å². The van der Waals surface area contributed by atoms with Gasteiger partial charge in [-0.05, 0) is 38.8 Å². The second kappa shape index (κ2) is 8.37. The zero-order chi connectivity index (χ0) is 15.9. The van der Waals surface area contributed by atoms with Gasteiger partial charge in [-0.1, -0.05) is 20.8 Å². The van der Waals surface area contributed by atoms with Gasteiger partial charge in [0, 0.05) is 31.5 Å². The predicted molar refractivity (Wildman–Crippen MR) is 84.9 cm³/mol. The molecular weight excluding hydrogens is 266 g/mol. The molecule has 0 radical (unpaired) electrons. The second-order valence-corrected chi connectivity index (χ2v) is 6.99. The molecule has 122 valence electrons. The lowest BCUT2D eigenvalue weighted by molar-refractivity contribution is -0.133. The summed E-state index contributed by atoms with van der Waals surface area (Å²) in [4.78, 5) is 25.8. The highest BCUT2D eigenvalue weighted by Gasteiger charge is 2.23. The fourth-order valence-electron chi connectivity index (χ4n) is 2.54. The van der Waals surface area contributed by atoms with Gasteiger partial charge in [-0.3, -0.25) is 9.59 Å².